The van der Waals surface area contributed by atoms with Crippen molar-refractivity contribution in [3.8, 4) is 0 Å². The number of H-pyrrole nitrogens is 1. The van der Waals surface area contributed by atoms with Gasteiger partial charge in [0.25, 0.3) is 0 Å². The first-order valence-corrected chi connectivity index (χ1v) is 5.11. The third-order valence-electron chi connectivity index (χ3n) is 2.09. The molecule has 5 nitrogen and oxygen atoms in total. The van der Waals surface area contributed by atoms with Crippen molar-refractivity contribution in [1.82, 2.24) is 15.2 Å². The van der Waals surface area contributed by atoms with Crippen LogP contribution in [0, 0.1) is 0 Å². The molecule has 0 atom stereocenters. The minimum absolute atomic E-state index is 0.398. The number of carbonyl (C=O) groups is 1. The highest BCUT2D eigenvalue weighted by atomic mass is 35.5. The Kier molecular flexibility index (Phi) is 3.20. The van der Waals surface area contributed by atoms with Crippen LogP contribution in [-0.4, -0.2) is 26.3 Å². The van der Waals surface area contributed by atoms with Gasteiger partial charge in [0.2, 0.25) is 0 Å². The van der Waals surface area contributed by atoms with Crippen LogP contribution in [0.15, 0.2) is 36.7 Å². The molecule has 2 aromatic rings. The molecule has 0 saturated carbocycles. The molecule has 0 unspecified atom stereocenters. The van der Waals surface area contributed by atoms with E-state index >= 15 is 0 Å². The van der Waals surface area contributed by atoms with Gasteiger partial charge in [-0.1, -0.05) is 23.7 Å². The summed E-state index contributed by atoms with van der Waals surface area (Å²) in [5, 5.41) is 15.7. The summed E-state index contributed by atoms with van der Waals surface area (Å²) < 4.78 is 0. The van der Waals surface area contributed by atoms with Gasteiger partial charge in [-0.15, -0.1) is 0 Å². The first kappa shape index (κ1) is 11.3. The molecule has 1 aromatic heterocycles. The molecule has 0 spiro atoms. The van der Waals surface area contributed by atoms with Crippen LogP contribution in [0.25, 0.3) is 5.57 Å². The number of hydrogen-bond donors (Lipinski definition) is 2. The second-order valence-electron chi connectivity index (χ2n) is 3.24. The minimum Gasteiger partial charge on any atom is -0.478 e. The topological polar surface area (TPSA) is 78.9 Å². The number of halogens is 1. The number of nitrogens with one attached hydrogen (secondary N) is 1. The average Bonchev–Trinajstić information content (AvgIpc) is 2.80. The summed E-state index contributed by atoms with van der Waals surface area (Å²) in [5.74, 6) is -0.652. The van der Waals surface area contributed by atoms with Crippen LogP contribution in [0.1, 0.15) is 11.4 Å². The smallest absolute Gasteiger partial charge is 0.329 e. The Morgan fingerprint density at radius 1 is 1.35 bits per heavy atom. The Balaban J connectivity index is 2.48. The van der Waals surface area contributed by atoms with Gasteiger partial charge in [0.05, 0.1) is 0 Å². The SMILES string of the molecule is O=C(O)C=C(c1ccc(Cl)cc1)c1ncn[nH]1. The Labute approximate surface area is 102 Å². The van der Waals surface area contributed by atoms with Gasteiger partial charge in [0.15, 0.2) is 5.82 Å². The second kappa shape index (κ2) is 4.80. The first-order chi connectivity index (χ1) is 8.16. The van der Waals surface area contributed by atoms with Gasteiger partial charge in [-0.25, -0.2) is 9.78 Å². The highest BCUT2D eigenvalue weighted by molar-refractivity contribution is 6.30. The molecule has 0 aliphatic rings. The number of aromatic nitrogens is 3. The minimum atomic E-state index is -1.05. The molecular weight excluding hydrogens is 242 g/mol. The van der Waals surface area contributed by atoms with E-state index in [-0.39, 0.29) is 0 Å². The highest BCUT2D eigenvalue weighted by Gasteiger charge is 2.09. The lowest BCUT2D eigenvalue weighted by atomic mass is 10.1. The molecule has 2 N–H and O–H groups in total. The van der Waals surface area contributed by atoms with E-state index in [9.17, 15) is 4.79 Å². The third kappa shape index (κ3) is 2.70. The standard InChI is InChI=1S/C11H8ClN3O2/c12-8-3-1-7(2-4-8)9(5-10(16)17)11-13-6-14-15-11/h1-6H,(H,16,17)(H,13,14,15). The van der Waals surface area contributed by atoms with Crippen LogP contribution in [0.4, 0.5) is 0 Å². The summed E-state index contributed by atoms with van der Waals surface area (Å²) in [7, 11) is 0. The Hall–Kier alpha value is -2.14. The lowest BCUT2D eigenvalue weighted by Crippen LogP contribution is -1.96. The molecule has 0 fully saturated rings. The maximum atomic E-state index is 10.8. The van der Waals surface area contributed by atoms with Gasteiger partial charge in [-0.3, -0.25) is 5.10 Å². The monoisotopic (exact) mass is 249 g/mol. The normalized spacial score (nSPS) is 11.5. The lowest BCUT2D eigenvalue weighted by Gasteiger charge is -2.03. The molecule has 0 aliphatic heterocycles. The number of hydrogen-bond acceptors (Lipinski definition) is 3. The zero-order chi connectivity index (χ0) is 12.3. The van der Waals surface area contributed by atoms with Crippen molar-refractivity contribution in [2.45, 2.75) is 0 Å². The molecule has 2 rings (SSSR count). The zero-order valence-corrected chi connectivity index (χ0v) is 9.35. The molecule has 86 valence electrons. The van der Waals surface area contributed by atoms with Crippen molar-refractivity contribution in [1.29, 1.82) is 0 Å². The first-order valence-electron chi connectivity index (χ1n) is 4.73. The number of carboxylic acid groups (broad SMARTS) is 1. The van der Waals surface area contributed by atoms with Crippen molar-refractivity contribution in [3.63, 3.8) is 0 Å². The van der Waals surface area contributed by atoms with Crippen molar-refractivity contribution in [2.24, 2.45) is 0 Å². The number of nitrogens with zero attached hydrogens (tertiary/aromatic N) is 2. The number of aromatic amines is 1. The fourth-order valence-electron chi connectivity index (χ4n) is 1.38. The molecular formula is C11H8ClN3O2. The van der Waals surface area contributed by atoms with Gasteiger partial charge in [0, 0.05) is 16.7 Å². The molecule has 1 aromatic carbocycles. The fourth-order valence-corrected chi connectivity index (χ4v) is 1.50. The summed E-state index contributed by atoms with van der Waals surface area (Å²) in [5.41, 5.74) is 1.15. The van der Waals surface area contributed by atoms with Crippen LogP contribution in [0.3, 0.4) is 0 Å². The maximum Gasteiger partial charge on any atom is 0.329 e. The summed E-state index contributed by atoms with van der Waals surface area (Å²) in [6.45, 7) is 0. The van der Waals surface area contributed by atoms with Crippen LogP contribution >= 0.6 is 11.6 Å². The number of carboxylic acids is 1. The Morgan fingerprint density at radius 2 is 2.06 bits per heavy atom. The van der Waals surface area contributed by atoms with Gasteiger partial charge in [0.1, 0.15) is 6.33 Å². The van der Waals surface area contributed by atoms with Crippen LogP contribution < -0.4 is 0 Å². The summed E-state index contributed by atoms with van der Waals surface area (Å²) >= 11 is 5.78. The molecule has 17 heavy (non-hydrogen) atoms. The van der Waals surface area contributed by atoms with E-state index in [0.29, 0.717) is 22.0 Å². The van der Waals surface area contributed by atoms with Crippen molar-refractivity contribution in [3.05, 3.63) is 53.1 Å². The lowest BCUT2D eigenvalue weighted by molar-refractivity contribution is -0.131. The van der Waals surface area contributed by atoms with E-state index in [2.05, 4.69) is 15.2 Å². The fraction of sp³-hybridized carbons (Fsp3) is 0. The predicted octanol–water partition coefficient (Wildman–Crippen LogP) is 1.97. The molecule has 0 radical (unpaired) electrons. The second-order valence-corrected chi connectivity index (χ2v) is 3.67. The summed E-state index contributed by atoms with van der Waals surface area (Å²) in [4.78, 5) is 14.7. The molecule has 1 heterocycles. The highest BCUT2D eigenvalue weighted by Crippen LogP contribution is 2.21. The van der Waals surface area contributed by atoms with E-state index in [1.165, 1.54) is 6.33 Å². The van der Waals surface area contributed by atoms with E-state index in [4.69, 9.17) is 16.7 Å². The summed E-state index contributed by atoms with van der Waals surface area (Å²) in [6, 6.07) is 6.81. The molecule has 0 saturated heterocycles. The number of benzene rings is 1. The maximum absolute atomic E-state index is 10.8. The van der Waals surface area contributed by atoms with Crippen molar-refractivity contribution < 1.29 is 9.90 Å². The Morgan fingerprint density at radius 3 is 2.59 bits per heavy atom. The summed E-state index contributed by atoms with van der Waals surface area (Å²) in [6.07, 6.45) is 2.39. The number of rotatable bonds is 3. The van der Waals surface area contributed by atoms with Gasteiger partial charge < -0.3 is 5.11 Å². The van der Waals surface area contributed by atoms with Crippen LogP contribution in [-0.2, 0) is 4.79 Å². The largest absolute Gasteiger partial charge is 0.478 e. The molecule has 6 heteroatoms. The van der Waals surface area contributed by atoms with Crippen molar-refractivity contribution in [2.75, 3.05) is 0 Å². The Bertz CT molecular complexity index is 547. The number of aliphatic carboxylic acids is 1. The molecule has 0 bridgehead atoms. The van der Waals surface area contributed by atoms with E-state index < -0.39 is 5.97 Å². The quantitative estimate of drug-likeness (QED) is 0.815. The van der Waals surface area contributed by atoms with Crippen molar-refractivity contribution >= 4 is 23.1 Å². The van der Waals surface area contributed by atoms with E-state index in [1.54, 1.807) is 24.3 Å². The molecule has 0 aliphatic carbocycles. The van der Waals surface area contributed by atoms with E-state index in [1.807, 2.05) is 0 Å². The van der Waals surface area contributed by atoms with Crippen LogP contribution in [0.2, 0.25) is 5.02 Å². The van der Waals surface area contributed by atoms with Gasteiger partial charge in [-0.2, -0.15) is 5.10 Å². The van der Waals surface area contributed by atoms with Gasteiger partial charge >= 0.3 is 5.97 Å². The molecule has 0 amide bonds. The zero-order valence-electron chi connectivity index (χ0n) is 8.59. The van der Waals surface area contributed by atoms with E-state index in [0.717, 1.165) is 6.08 Å². The third-order valence-corrected chi connectivity index (χ3v) is 2.35. The average molecular weight is 250 g/mol. The van der Waals surface area contributed by atoms with Crippen LogP contribution in [0.5, 0.6) is 0 Å². The predicted molar refractivity (Wildman–Crippen MR) is 62.5 cm³/mol. The van der Waals surface area contributed by atoms with Gasteiger partial charge in [-0.05, 0) is 17.7 Å².